The molecule has 2 fully saturated rings. The van der Waals surface area contributed by atoms with Gasteiger partial charge in [0.25, 0.3) is 0 Å². The Morgan fingerprint density at radius 1 is 0.882 bits per heavy atom. The van der Waals surface area contributed by atoms with Crippen molar-refractivity contribution in [3.63, 3.8) is 0 Å². The zero-order valence-corrected chi connectivity index (χ0v) is 12.3. The number of rotatable bonds is 1. The van der Waals surface area contributed by atoms with E-state index in [9.17, 15) is 4.79 Å². The molecule has 0 aromatic rings. The van der Waals surface area contributed by atoms with Crippen molar-refractivity contribution in [2.24, 2.45) is 5.92 Å². The van der Waals surface area contributed by atoms with Crippen LogP contribution in [-0.2, 0) is 4.79 Å². The minimum atomic E-state index is 0.335. The maximum Gasteiger partial charge on any atom is 0.225 e. The first-order valence-corrected chi connectivity index (χ1v) is 8.12. The Morgan fingerprint density at radius 2 is 1.41 bits per heavy atom. The number of alkyl halides is 1. The van der Waals surface area contributed by atoms with Gasteiger partial charge in [-0.3, -0.25) is 4.79 Å². The van der Waals surface area contributed by atoms with Crippen molar-refractivity contribution in [3.05, 3.63) is 0 Å². The predicted molar refractivity (Wildman–Crippen MR) is 74.3 cm³/mol. The third kappa shape index (κ3) is 3.97. The molecule has 1 saturated heterocycles. The lowest BCUT2D eigenvalue weighted by Gasteiger charge is -2.33. The predicted octanol–water partition coefficient (Wildman–Crippen LogP) is 3.73. The Hall–Kier alpha value is -0.0500. The Morgan fingerprint density at radius 3 is 2.00 bits per heavy atom. The second-order valence-corrected chi connectivity index (χ2v) is 6.84. The van der Waals surface area contributed by atoms with E-state index in [2.05, 4.69) is 20.8 Å². The highest BCUT2D eigenvalue weighted by atomic mass is 79.9. The second kappa shape index (κ2) is 6.77. The topological polar surface area (TPSA) is 20.3 Å². The Bertz CT molecular complexity index is 241. The minimum Gasteiger partial charge on any atom is -0.342 e. The molecule has 0 spiro atoms. The molecule has 0 radical (unpaired) electrons. The molecular formula is C14H24BrNO. The van der Waals surface area contributed by atoms with Crippen LogP contribution in [0.1, 0.15) is 57.8 Å². The average Bonchev–Trinajstić information content (AvgIpc) is 2.29. The first-order valence-electron chi connectivity index (χ1n) is 7.20. The van der Waals surface area contributed by atoms with E-state index in [0.717, 1.165) is 38.8 Å². The van der Waals surface area contributed by atoms with Crippen LogP contribution in [0.3, 0.4) is 0 Å². The molecule has 1 aliphatic heterocycles. The summed E-state index contributed by atoms with van der Waals surface area (Å²) in [6.45, 7) is 1.93. The summed E-state index contributed by atoms with van der Waals surface area (Å²) in [4.78, 5) is 15.2. The lowest BCUT2D eigenvalue weighted by Crippen LogP contribution is -2.42. The number of amides is 1. The van der Waals surface area contributed by atoms with Gasteiger partial charge in [-0.25, -0.2) is 0 Å². The highest BCUT2D eigenvalue weighted by molar-refractivity contribution is 9.09. The third-order valence-electron chi connectivity index (χ3n) is 4.19. The highest BCUT2D eigenvalue weighted by Crippen LogP contribution is 2.26. The number of carbonyl (C=O) groups excluding carboxylic acids is 1. The SMILES string of the molecule is O=C(C1CCCCCCC1)N1CCC(Br)CC1. The number of halogens is 1. The molecule has 17 heavy (non-hydrogen) atoms. The van der Waals surface area contributed by atoms with Crippen LogP contribution in [-0.4, -0.2) is 28.7 Å². The number of piperidine rings is 1. The van der Waals surface area contributed by atoms with Crippen LogP contribution in [0, 0.1) is 5.92 Å². The quantitative estimate of drug-likeness (QED) is 0.676. The third-order valence-corrected chi connectivity index (χ3v) is 5.11. The first kappa shape index (κ1) is 13.4. The number of nitrogens with zero attached hydrogens (tertiary/aromatic N) is 1. The molecule has 1 aliphatic carbocycles. The number of hydrogen-bond acceptors (Lipinski definition) is 1. The van der Waals surface area contributed by atoms with E-state index in [1.807, 2.05) is 0 Å². The summed E-state index contributed by atoms with van der Waals surface area (Å²) >= 11 is 3.65. The molecule has 2 rings (SSSR count). The maximum absolute atomic E-state index is 12.4. The fraction of sp³-hybridized carbons (Fsp3) is 0.929. The van der Waals surface area contributed by atoms with E-state index < -0.39 is 0 Å². The summed E-state index contributed by atoms with van der Waals surface area (Å²) in [7, 11) is 0. The van der Waals surface area contributed by atoms with Gasteiger partial charge in [0, 0.05) is 23.8 Å². The largest absolute Gasteiger partial charge is 0.342 e. The van der Waals surface area contributed by atoms with Crippen LogP contribution in [0.25, 0.3) is 0 Å². The molecule has 0 aromatic carbocycles. The lowest BCUT2D eigenvalue weighted by atomic mass is 9.89. The zero-order valence-electron chi connectivity index (χ0n) is 10.7. The monoisotopic (exact) mass is 301 g/mol. The Kier molecular flexibility index (Phi) is 5.33. The lowest BCUT2D eigenvalue weighted by molar-refractivity contribution is -0.137. The molecule has 0 aromatic heterocycles. The summed E-state index contributed by atoms with van der Waals surface area (Å²) in [5.41, 5.74) is 0. The van der Waals surface area contributed by atoms with Gasteiger partial charge in [0.1, 0.15) is 0 Å². The van der Waals surface area contributed by atoms with Crippen LogP contribution in [0.4, 0.5) is 0 Å². The summed E-state index contributed by atoms with van der Waals surface area (Å²) in [5.74, 6) is 0.786. The van der Waals surface area contributed by atoms with Gasteiger partial charge in [0.15, 0.2) is 0 Å². The molecule has 3 heteroatoms. The van der Waals surface area contributed by atoms with Crippen LogP contribution in [0.2, 0.25) is 0 Å². The van der Waals surface area contributed by atoms with E-state index in [0.29, 0.717) is 16.7 Å². The smallest absolute Gasteiger partial charge is 0.225 e. The highest BCUT2D eigenvalue weighted by Gasteiger charge is 2.27. The molecule has 1 saturated carbocycles. The van der Waals surface area contributed by atoms with Crippen molar-refractivity contribution in [3.8, 4) is 0 Å². The Balaban J connectivity index is 1.84. The fourth-order valence-corrected chi connectivity index (χ4v) is 3.44. The van der Waals surface area contributed by atoms with E-state index >= 15 is 0 Å². The van der Waals surface area contributed by atoms with Gasteiger partial charge in [0.2, 0.25) is 5.91 Å². The van der Waals surface area contributed by atoms with E-state index in [4.69, 9.17) is 0 Å². The van der Waals surface area contributed by atoms with Gasteiger partial charge in [-0.05, 0) is 25.7 Å². The molecule has 98 valence electrons. The van der Waals surface area contributed by atoms with Gasteiger partial charge in [-0.15, -0.1) is 0 Å². The van der Waals surface area contributed by atoms with Gasteiger partial charge in [-0.2, -0.15) is 0 Å². The van der Waals surface area contributed by atoms with E-state index in [-0.39, 0.29) is 0 Å². The van der Waals surface area contributed by atoms with Crippen molar-refractivity contribution in [1.29, 1.82) is 0 Å². The van der Waals surface area contributed by atoms with Gasteiger partial charge in [-0.1, -0.05) is 48.0 Å². The molecule has 2 aliphatic rings. The number of carbonyl (C=O) groups is 1. The Labute approximate surface area is 113 Å². The van der Waals surface area contributed by atoms with Crippen molar-refractivity contribution in [2.75, 3.05) is 13.1 Å². The minimum absolute atomic E-state index is 0.335. The molecular weight excluding hydrogens is 278 g/mol. The van der Waals surface area contributed by atoms with Crippen LogP contribution in [0.5, 0.6) is 0 Å². The van der Waals surface area contributed by atoms with Gasteiger partial charge < -0.3 is 4.90 Å². The molecule has 0 N–H and O–H groups in total. The summed E-state index contributed by atoms with van der Waals surface area (Å²) in [6.07, 6.45) is 11.0. The molecule has 2 nitrogen and oxygen atoms in total. The summed E-state index contributed by atoms with van der Waals surface area (Å²) in [5, 5.41) is 0. The fourth-order valence-electron chi connectivity index (χ4n) is 3.03. The normalized spacial score (nSPS) is 25.4. The zero-order chi connectivity index (χ0) is 12.1. The molecule has 0 atom stereocenters. The van der Waals surface area contributed by atoms with Crippen molar-refractivity contribution < 1.29 is 4.79 Å². The molecule has 0 unspecified atom stereocenters. The van der Waals surface area contributed by atoms with Crippen molar-refractivity contribution in [1.82, 2.24) is 4.90 Å². The molecule has 0 bridgehead atoms. The van der Waals surface area contributed by atoms with Gasteiger partial charge >= 0.3 is 0 Å². The first-order chi connectivity index (χ1) is 8.27. The maximum atomic E-state index is 12.4. The summed E-state index contributed by atoms with van der Waals surface area (Å²) in [6, 6.07) is 0. The molecule has 1 heterocycles. The number of hydrogen-bond donors (Lipinski definition) is 0. The number of likely N-dealkylation sites (tertiary alicyclic amines) is 1. The summed E-state index contributed by atoms with van der Waals surface area (Å²) < 4.78 is 0. The van der Waals surface area contributed by atoms with Crippen LogP contribution >= 0.6 is 15.9 Å². The van der Waals surface area contributed by atoms with Crippen LogP contribution < -0.4 is 0 Å². The van der Waals surface area contributed by atoms with E-state index in [1.54, 1.807) is 0 Å². The second-order valence-electron chi connectivity index (χ2n) is 5.54. The standard InChI is InChI=1S/C14H24BrNO/c15-13-8-10-16(11-9-13)14(17)12-6-4-2-1-3-5-7-12/h12-13H,1-11H2. The van der Waals surface area contributed by atoms with E-state index in [1.165, 1.54) is 32.1 Å². The van der Waals surface area contributed by atoms with Crippen molar-refractivity contribution >= 4 is 21.8 Å². The molecule has 1 amide bonds. The van der Waals surface area contributed by atoms with Crippen molar-refractivity contribution in [2.45, 2.75) is 62.6 Å². The van der Waals surface area contributed by atoms with Gasteiger partial charge in [0.05, 0.1) is 0 Å². The average molecular weight is 302 g/mol. The van der Waals surface area contributed by atoms with Crippen LogP contribution in [0.15, 0.2) is 0 Å².